The number of nitrogen functional groups attached to an aromatic ring is 1. The minimum atomic E-state index is -1.03. The van der Waals surface area contributed by atoms with Crippen LogP contribution < -0.4 is 15.2 Å². The predicted molar refractivity (Wildman–Crippen MR) is 130 cm³/mol. The summed E-state index contributed by atoms with van der Waals surface area (Å²) in [5, 5.41) is 18.8. The number of hydrogen-bond acceptors (Lipinski definition) is 7. The Balaban J connectivity index is 1.49. The lowest BCUT2D eigenvalue weighted by Gasteiger charge is -2.43. The number of hydroxylamine groups is 1. The number of fused-ring (bicyclic) bond motifs is 1. The van der Waals surface area contributed by atoms with E-state index >= 15 is 0 Å². The number of amides is 1. The second-order valence-corrected chi connectivity index (χ2v) is 8.25. The quantitative estimate of drug-likeness (QED) is 0.356. The van der Waals surface area contributed by atoms with Gasteiger partial charge in [0.05, 0.1) is 6.54 Å². The minimum Gasteiger partial charge on any atom is -0.598 e. The molecule has 172 valence electrons. The lowest BCUT2D eigenvalue weighted by molar-refractivity contribution is -0.127. The highest BCUT2D eigenvalue weighted by atomic mass is 16.6. The van der Waals surface area contributed by atoms with Crippen molar-refractivity contribution in [3.63, 3.8) is 0 Å². The third kappa shape index (κ3) is 3.81. The van der Waals surface area contributed by atoms with Crippen LogP contribution in [0.15, 0.2) is 78.7 Å². The van der Waals surface area contributed by atoms with Gasteiger partial charge in [-0.1, -0.05) is 29.9 Å². The summed E-state index contributed by atoms with van der Waals surface area (Å²) in [6, 6.07) is 16.2. The van der Waals surface area contributed by atoms with Crippen molar-refractivity contribution in [1.82, 2.24) is 19.6 Å². The second kappa shape index (κ2) is 8.69. The lowest BCUT2D eigenvalue weighted by atomic mass is 10.0. The Bertz CT molecular complexity index is 1260. The van der Waals surface area contributed by atoms with E-state index < -0.39 is 10.8 Å². The molecule has 3 aromatic rings. The van der Waals surface area contributed by atoms with E-state index in [1.165, 1.54) is 12.4 Å². The number of likely N-dealkylation sites (tertiary alicyclic amines) is 1. The molecule has 0 aliphatic carbocycles. The zero-order valence-electron chi connectivity index (χ0n) is 18.5. The summed E-state index contributed by atoms with van der Waals surface area (Å²) >= 11 is 0. The van der Waals surface area contributed by atoms with Crippen molar-refractivity contribution in [2.75, 3.05) is 18.8 Å². The maximum Gasteiger partial charge on any atom is 0.269 e. The summed E-state index contributed by atoms with van der Waals surface area (Å²) in [6.07, 6.45) is 3.85. The maximum atomic E-state index is 14.2. The first-order valence-electron chi connectivity index (χ1n) is 11.1. The molecule has 3 heterocycles. The van der Waals surface area contributed by atoms with Crippen LogP contribution in [0.25, 0.3) is 0 Å². The van der Waals surface area contributed by atoms with E-state index in [0.29, 0.717) is 42.0 Å². The van der Waals surface area contributed by atoms with Crippen molar-refractivity contribution in [2.45, 2.75) is 18.9 Å². The molecule has 2 N–H and O–H groups in total. The van der Waals surface area contributed by atoms with Crippen molar-refractivity contribution in [1.29, 1.82) is 0 Å². The molecule has 9 heteroatoms. The number of carbonyl (C=O) groups excluding carboxylic acids is 1. The molecule has 2 aliphatic rings. The van der Waals surface area contributed by atoms with Crippen molar-refractivity contribution < 1.29 is 9.53 Å². The first kappa shape index (κ1) is 21.7. The fourth-order valence-corrected chi connectivity index (χ4v) is 4.44. The Morgan fingerprint density at radius 2 is 1.88 bits per heavy atom. The molecule has 1 amide bonds. The molecule has 0 saturated carbocycles. The highest BCUT2D eigenvalue weighted by Gasteiger charge is 2.46. The summed E-state index contributed by atoms with van der Waals surface area (Å²) in [5.74, 6) is 1.57. The van der Waals surface area contributed by atoms with E-state index in [9.17, 15) is 10.0 Å². The molecule has 2 atom stereocenters. The predicted octanol–water partition coefficient (Wildman–Crippen LogP) is 3.60. The van der Waals surface area contributed by atoms with Gasteiger partial charge in [-0.3, -0.25) is 4.79 Å². The minimum absolute atomic E-state index is 0.194. The lowest BCUT2D eigenvalue weighted by Crippen LogP contribution is -2.56. The highest BCUT2D eigenvalue weighted by molar-refractivity contribution is 6.20. The third-order valence-electron chi connectivity index (χ3n) is 6.13. The molecule has 0 unspecified atom stereocenters. The van der Waals surface area contributed by atoms with Gasteiger partial charge in [-0.2, -0.15) is 9.74 Å². The molecule has 2 aliphatic heterocycles. The number of nitrogens with two attached hydrogens (primary N) is 1. The van der Waals surface area contributed by atoms with Crippen LogP contribution in [0.5, 0.6) is 11.5 Å². The molecular weight excluding hydrogens is 432 g/mol. The zero-order valence-corrected chi connectivity index (χ0v) is 18.5. The second-order valence-electron chi connectivity index (χ2n) is 8.25. The van der Waals surface area contributed by atoms with E-state index in [1.807, 2.05) is 54.6 Å². The average molecular weight is 457 g/mol. The molecule has 1 aromatic heterocycles. The van der Waals surface area contributed by atoms with E-state index in [2.05, 4.69) is 21.6 Å². The molecule has 0 bridgehead atoms. The van der Waals surface area contributed by atoms with Crippen LogP contribution in [0.2, 0.25) is 0 Å². The number of nitrogens with zero attached hydrogens (tertiary/aromatic N) is 5. The van der Waals surface area contributed by atoms with E-state index in [4.69, 9.17) is 10.5 Å². The van der Waals surface area contributed by atoms with Crippen molar-refractivity contribution >= 4 is 23.3 Å². The van der Waals surface area contributed by atoms with E-state index in [-0.39, 0.29) is 24.1 Å². The van der Waals surface area contributed by atoms with Gasteiger partial charge in [-0.25, -0.2) is 4.98 Å². The molecule has 0 spiro atoms. The van der Waals surface area contributed by atoms with Gasteiger partial charge >= 0.3 is 0 Å². The highest BCUT2D eigenvalue weighted by Crippen LogP contribution is 2.40. The Labute approximate surface area is 197 Å². The maximum absolute atomic E-state index is 14.2. The molecule has 1 saturated heterocycles. The zero-order chi connectivity index (χ0) is 23.7. The normalized spacial score (nSPS) is 21.5. The fraction of sp³-hybridized carbons (Fsp3) is 0.200. The van der Waals surface area contributed by atoms with Crippen LogP contribution in [-0.4, -0.2) is 45.6 Å². The Hall–Kier alpha value is -4.08. The molecule has 0 radical (unpaired) electrons. The number of quaternary nitrogens is 1. The number of rotatable bonds is 5. The van der Waals surface area contributed by atoms with Gasteiger partial charge in [0.25, 0.3) is 5.82 Å². The van der Waals surface area contributed by atoms with Crippen LogP contribution in [0.3, 0.4) is 0 Å². The summed E-state index contributed by atoms with van der Waals surface area (Å²) in [5.41, 5.74) is 7.76. The van der Waals surface area contributed by atoms with Gasteiger partial charge in [0.15, 0.2) is 0 Å². The van der Waals surface area contributed by atoms with Crippen LogP contribution >= 0.6 is 0 Å². The molecule has 1 fully saturated rings. The summed E-state index contributed by atoms with van der Waals surface area (Å²) in [7, 11) is 0. The van der Waals surface area contributed by atoms with Gasteiger partial charge in [-0.15, -0.1) is 0 Å². The molecule has 5 rings (SSSR count). The number of para-hydroxylation sites is 1. The van der Waals surface area contributed by atoms with Crippen LogP contribution in [0.1, 0.15) is 24.0 Å². The summed E-state index contributed by atoms with van der Waals surface area (Å²) < 4.78 is 4.84. The summed E-state index contributed by atoms with van der Waals surface area (Å²) in [4.78, 5) is 22.2. The first-order valence-corrected chi connectivity index (χ1v) is 11.1. The monoisotopic (exact) mass is 456 g/mol. The first-order chi connectivity index (χ1) is 16.5. The Morgan fingerprint density at radius 1 is 1.15 bits per heavy atom. The van der Waals surface area contributed by atoms with Crippen LogP contribution in [0.4, 0.5) is 11.6 Å². The molecule has 2 aromatic carbocycles. The van der Waals surface area contributed by atoms with E-state index in [0.717, 1.165) is 5.75 Å². The number of piperidine rings is 1. The Kier molecular flexibility index (Phi) is 5.56. The van der Waals surface area contributed by atoms with Gasteiger partial charge in [0, 0.05) is 18.5 Å². The molecular formula is C25H24N6O3. The number of benzene rings is 2. The summed E-state index contributed by atoms with van der Waals surface area (Å²) in [6.45, 7) is 4.40. The van der Waals surface area contributed by atoms with Gasteiger partial charge < -0.3 is 20.6 Å². The Morgan fingerprint density at radius 3 is 2.62 bits per heavy atom. The number of anilines is 1. The largest absolute Gasteiger partial charge is 0.598 e. The smallest absolute Gasteiger partial charge is 0.269 e. The average Bonchev–Trinajstić information content (AvgIpc) is 3.20. The number of aromatic nitrogens is 2. The number of hydrogen-bond donors (Lipinski definition) is 1. The topological polar surface area (TPSA) is 117 Å². The third-order valence-corrected chi connectivity index (χ3v) is 6.13. The van der Waals surface area contributed by atoms with Crippen molar-refractivity contribution in [2.24, 2.45) is 5.10 Å². The van der Waals surface area contributed by atoms with E-state index in [1.54, 1.807) is 4.90 Å². The van der Waals surface area contributed by atoms with Gasteiger partial charge in [0.2, 0.25) is 5.91 Å². The van der Waals surface area contributed by atoms with Crippen LogP contribution in [0, 0.1) is 5.21 Å². The number of ether oxygens (including phenoxy) is 1. The SMILES string of the molecule is C=CC(=O)N1CCC[C@H]([N@+]2([O-])N=C(c3ccc(Oc4ccccc4)cc3)c3c(N)ncnc32)C1. The van der Waals surface area contributed by atoms with Gasteiger partial charge in [0.1, 0.15) is 41.0 Å². The fourth-order valence-electron chi connectivity index (χ4n) is 4.44. The standard InChI is InChI=1S/C25H24N6O3/c1-2-21(32)30-14-6-7-18(15-30)31(33)25-22(24(26)27-16-28-25)23(29-31)17-10-12-20(13-11-17)34-19-8-4-3-5-9-19/h2-5,8-13,16,18H,1,6-7,14-15H2,(H2,26,27,28)/t18-,31+/m0/s1. The van der Waals surface area contributed by atoms with Crippen molar-refractivity contribution in [3.05, 3.63) is 89.9 Å². The van der Waals surface area contributed by atoms with Gasteiger partial charge in [-0.05, 0) is 48.9 Å². The van der Waals surface area contributed by atoms with Crippen LogP contribution in [-0.2, 0) is 4.79 Å². The molecule has 9 nitrogen and oxygen atoms in total. The molecule has 34 heavy (non-hydrogen) atoms. The number of carbonyl (C=O) groups is 1. The van der Waals surface area contributed by atoms with Crippen molar-refractivity contribution in [3.8, 4) is 11.5 Å².